The van der Waals surface area contributed by atoms with E-state index in [1.54, 1.807) is 0 Å². The van der Waals surface area contributed by atoms with Gasteiger partial charge in [-0.3, -0.25) is 0 Å². The highest BCUT2D eigenvalue weighted by Crippen LogP contribution is 2.20. The Kier molecular flexibility index (Phi) is 2.98. The first-order valence-corrected chi connectivity index (χ1v) is 6.23. The van der Waals surface area contributed by atoms with Crippen molar-refractivity contribution in [1.29, 1.82) is 5.26 Å². The minimum absolute atomic E-state index is 0.421. The molecule has 0 amide bonds. The number of anilines is 3. The Balaban J connectivity index is 1.83. The number of aromatic nitrogens is 2. The van der Waals surface area contributed by atoms with Gasteiger partial charge in [-0.05, 0) is 35.9 Å². The van der Waals surface area contributed by atoms with Crippen molar-refractivity contribution in [2.75, 3.05) is 11.1 Å². The molecule has 0 aliphatic rings. The highest BCUT2D eigenvalue weighted by Gasteiger charge is 2.03. The molecular formula is C15H13N5. The molecule has 0 atom stereocenters. The average molecular weight is 263 g/mol. The fourth-order valence-corrected chi connectivity index (χ4v) is 2.02. The van der Waals surface area contributed by atoms with Crippen molar-refractivity contribution < 1.29 is 0 Å². The summed E-state index contributed by atoms with van der Waals surface area (Å²) >= 11 is 0. The molecule has 20 heavy (non-hydrogen) atoms. The van der Waals surface area contributed by atoms with Gasteiger partial charge in [-0.15, -0.1) is 0 Å². The SMILES string of the molecule is N#CCc1ccc(Nc2nc3ccc(N)cc3[nH]2)cc1. The van der Waals surface area contributed by atoms with Crippen LogP contribution in [-0.4, -0.2) is 9.97 Å². The quantitative estimate of drug-likeness (QED) is 0.633. The summed E-state index contributed by atoms with van der Waals surface area (Å²) in [5.74, 6) is 0.665. The fourth-order valence-electron chi connectivity index (χ4n) is 2.02. The van der Waals surface area contributed by atoms with Gasteiger partial charge in [0.1, 0.15) is 0 Å². The molecule has 0 aliphatic heterocycles. The summed E-state index contributed by atoms with van der Waals surface area (Å²) in [6.07, 6.45) is 0.421. The summed E-state index contributed by atoms with van der Waals surface area (Å²) in [6, 6.07) is 15.4. The number of hydrogen-bond donors (Lipinski definition) is 3. The molecule has 5 nitrogen and oxygen atoms in total. The van der Waals surface area contributed by atoms with Gasteiger partial charge < -0.3 is 16.0 Å². The van der Waals surface area contributed by atoms with Gasteiger partial charge in [-0.1, -0.05) is 12.1 Å². The Morgan fingerprint density at radius 3 is 2.75 bits per heavy atom. The molecular weight excluding hydrogens is 250 g/mol. The first-order valence-electron chi connectivity index (χ1n) is 6.23. The zero-order valence-corrected chi connectivity index (χ0v) is 10.7. The predicted octanol–water partition coefficient (Wildman–Crippen LogP) is 2.95. The van der Waals surface area contributed by atoms with E-state index < -0.39 is 0 Å². The Morgan fingerprint density at radius 2 is 2.00 bits per heavy atom. The maximum atomic E-state index is 8.64. The normalized spacial score (nSPS) is 10.3. The van der Waals surface area contributed by atoms with E-state index in [1.165, 1.54) is 0 Å². The van der Waals surface area contributed by atoms with Gasteiger partial charge in [0, 0.05) is 11.4 Å². The fraction of sp³-hybridized carbons (Fsp3) is 0.0667. The van der Waals surface area contributed by atoms with Crippen LogP contribution < -0.4 is 11.1 Å². The van der Waals surface area contributed by atoms with E-state index in [9.17, 15) is 0 Å². The van der Waals surface area contributed by atoms with E-state index in [-0.39, 0.29) is 0 Å². The lowest BCUT2D eigenvalue weighted by atomic mass is 10.1. The second-order valence-electron chi connectivity index (χ2n) is 4.52. The predicted molar refractivity (Wildman–Crippen MR) is 79.5 cm³/mol. The van der Waals surface area contributed by atoms with Crippen molar-refractivity contribution in [1.82, 2.24) is 9.97 Å². The van der Waals surface area contributed by atoms with Gasteiger partial charge in [0.2, 0.25) is 5.95 Å². The molecule has 0 radical (unpaired) electrons. The second-order valence-corrected chi connectivity index (χ2v) is 4.52. The lowest BCUT2D eigenvalue weighted by molar-refractivity contribution is 1.26. The van der Waals surface area contributed by atoms with Crippen molar-refractivity contribution in [3.63, 3.8) is 0 Å². The number of hydrogen-bond acceptors (Lipinski definition) is 4. The topological polar surface area (TPSA) is 90.5 Å². The molecule has 0 saturated carbocycles. The Bertz CT molecular complexity index is 780. The largest absolute Gasteiger partial charge is 0.399 e. The molecule has 98 valence electrons. The number of nitrogens with zero attached hydrogens (tertiary/aromatic N) is 2. The molecule has 1 heterocycles. The van der Waals surface area contributed by atoms with Crippen molar-refractivity contribution in [2.24, 2.45) is 0 Å². The van der Waals surface area contributed by atoms with E-state index in [0.29, 0.717) is 18.1 Å². The summed E-state index contributed by atoms with van der Waals surface area (Å²) in [7, 11) is 0. The number of benzene rings is 2. The van der Waals surface area contributed by atoms with Gasteiger partial charge in [-0.2, -0.15) is 5.26 Å². The first-order chi connectivity index (χ1) is 9.74. The Hall–Kier alpha value is -3.00. The van der Waals surface area contributed by atoms with E-state index in [2.05, 4.69) is 21.4 Å². The second kappa shape index (κ2) is 4.94. The number of nitrogens with two attached hydrogens (primary N) is 1. The van der Waals surface area contributed by atoms with E-state index in [0.717, 1.165) is 22.3 Å². The van der Waals surface area contributed by atoms with Crippen LogP contribution in [0.4, 0.5) is 17.3 Å². The third kappa shape index (κ3) is 2.40. The van der Waals surface area contributed by atoms with Crippen LogP contribution in [0, 0.1) is 11.3 Å². The molecule has 0 bridgehead atoms. The average Bonchev–Trinajstić information content (AvgIpc) is 2.82. The first kappa shape index (κ1) is 12.1. The summed E-state index contributed by atoms with van der Waals surface area (Å²) in [6.45, 7) is 0. The molecule has 0 saturated heterocycles. The number of H-pyrrole nitrogens is 1. The summed E-state index contributed by atoms with van der Waals surface area (Å²) in [4.78, 5) is 7.60. The third-order valence-corrected chi connectivity index (χ3v) is 3.01. The van der Waals surface area contributed by atoms with Gasteiger partial charge in [0.05, 0.1) is 23.5 Å². The minimum atomic E-state index is 0.421. The van der Waals surface area contributed by atoms with Crippen molar-refractivity contribution in [3.8, 4) is 6.07 Å². The maximum absolute atomic E-state index is 8.64. The van der Waals surface area contributed by atoms with Crippen LogP contribution in [0.25, 0.3) is 11.0 Å². The lowest BCUT2D eigenvalue weighted by Crippen LogP contribution is -1.92. The van der Waals surface area contributed by atoms with Crippen LogP contribution in [-0.2, 0) is 6.42 Å². The molecule has 0 fully saturated rings. The molecule has 1 aromatic heterocycles. The molecule has 3 aromatic rings. The van der Waals surface area contributed by atoms with E-state index in [4.69, 9.17) is 11.0 Å². The van der Waals surface area contributed by atoms with Gasteiger partial charge in [0.25, 0.3) is 0 Å². The number of rotatable bonds is 3. The van der Waals surface area contributed by atoms with Crippen LogP contribution in [0.5, 0.6) is 0 Å². The molecule has 3 rings (SSSR count). The Morgan fingerprint density at radius 1 is 1.20 bits per heavy atom. The smallest absolute Gasteiger partial charge is 0.205 e. The lowest BCUT2D eigenvalue weighted by Gasteiger charge is -2.03. The number of nitriles is 1. The standard InChI is InChI=1S/C15H13N5/c16-8-7-10-1-4-12(5-2-10)18-15-19-13-6-3-11(17)9-14(13)20-15/h1-6,9H,7,17H2,(H2,18,19,20). The molecule has 0 spiro atoms. The van der Waals surface area contributed by atoms with Crippen molar-refractivity contribution in [3.05, 3.63) is 48.0 Å². The van der Waals surface area contributed by atoms with Gasteiger partial charge in [0.15, 0.2) is 0 Å². The van der Waals surface area contributed by atoms with Crippen LogP contribution in [0.2, 0.25) is 0 Å². The maximum Gasteiger partial charge on any atom is 0.205 e. The minimum Gasteiger partial charge on any atom is -0.399 e. The summed E-state index contributed by atoms with van der Waals surface area (Å²) in [5, 5.41) is 11.8. The molecule has 0 unspecified atom stereocenters. The summed E-state index contributed by atoms with van der Waals surface area (Å²) in [5.41, 5.74) is 10.1. The number of nitrogens with one attached hydrogen (secondary N) is 2. The highest BCUT2D eigenvalue weighted by molar-refractivity contribution is 5.81. The van der Waals surface area contributed by atoms with E-state index >= 15 is 0 Å². The van der Waals surface area contributed by atoms with Crippen molar-refractivity contribution >= 4 is 28.4 Å². The van der Waals surface area contributed by atoms with Crippen LogP contribution in [0.1, 0.15) is 5.56 Å². The van der Waals surface area contributed by atoms with Crippen LogP contribution in [0.15, 0.2) is 42.5 Å². The third-order valence-electron chi connectivity index (χ3n) is 3.01. The number of imidazole rings is 1. The zero-order chi connectivity index (χ0) is 13.9. The van der Waals surface area contributed by atoms with Crippen LogP contribution >= 0.6 is 0 Å². The van der Waals surface area contributed by atoms with Crippen LogP contribution in [0.3, 0.4) is 0 Å². The molecule has 0 aliphatic carbocycles. The number of fused-ring (bicyclic) bond motifs is 1. The molecule has 4 N–H and O–H groups in total. The number of nitrogen functional groups attached to an aromatic ring is 1. The number of aromatic amines is 1. The molecule has 5 heteroatoms. The van der Waals surface area contributed by atoms with Gasteiger partial charge >= 0.3 is 0 Å². The Labute approximate surface area is 116 Å². The highest BCUT2D eigenvalue weighted by atomic mass is 15.1. The van der Waals surface area contributed by atoms with E-state index in [1.807, 2.05) is 42.5 Å². The zero-order valence-electron chi connectivity index (χ0n) is 10.7. The summed E-state index contributed by atoms with van der Waals surface area (Å²) < 4.78 is 0. The van der Waals surface area contributed by atoms with Gasteiger partial charge in [-0.25, -0.2) is 4.98 Å². The monoisotopic (exact) mass is 263 g/mol. The van der Waals surface area contributed by atoms with Crippen molar-refractivity contribution in [2.45, 2.75) is 6.42 Å². The molecule has 2 aromatic carbocycles.